The van der Waals surface area contributed by atoms with Crippen molar-refractivity contribution < 1.29 is 4.79 Å². The molecule has 1 aromatic heterocycles. The van der Waals surface area contributed by atoms with Gasteiger partial charge in [0.25, 0.3) is 0 Å². The molecule has 0 atom stereocenters. The number of aromatic nitrogens is 1. The maximum atomic E-state index is 11.9. The molecular formula is C14H15ClN2OS. The van der Waals surface area contributed by atoms with Crippen molar-refractivity contribution in [3.05, 3.63) is 45.9 Å². The maximum absolute atomic E-state index is 11.9. The first kappa shape index (κ1) is 14.0. The molecule has 0 aliphatic carbocycles. The molecule has 3 nitrogen and oxygen atoms in total. The van der Waals surface area contributed by atoms with E-state index in [9.17, 15) is 4.79 Å². The van der Waals surface area contributed by atoms with E-state index in [0.717, 1.165) is 5.56 Å². The zero-order chi connectivity index (χ0) is 13.8. The topological polar surface area (TPSA) is 42.0 Å². The second-order valence-corrected chi connectivity index (χ2v) is 6.07. The van der Waals surface area contributed by atoms with Gasteiger partial charge in [0.1, 0.15) is 0 Å². The van der Waals surface area contributed by atoms with Crippen molar-refractivity contribution in [2.45, 2.75) is 26.2 Å². The number of anilines is 1. The number of benzene rings is 1. The van der Waals surface area contributed by atoms with Gasteiger partial charge in [0.05, 0.1) is 6.42 Å². The van der Waals surface area contributed by atoms with Gasteiger partial charge in [-0.25, -0.2) is 4.98 Å². The predicted molar refractivity (Wildman–Crippen MR) is 80.0 cm³/mol. The van der Waals surface area contributed by atoms with Crippen molar-refractivity contribution in [3.63, 3.8) is 0 Å². The number of thiazole rings is 1. The Morgan fingerprint density at radius 2 is 2.05 bits per heavy atom. The smallest absolute Gasteiger partial charge is 0.230 e. The fourth-order valence-corrected chi connectivity index (χ4v) is 2.52. The lowest BCUT2D eigenvalue weighted by atomic mass is 10.1. The summed E-state index contributed by atoms with van der Waals surface area (Å²) in [6, 6.07) is 7.27. The average Bonchev–Trinajstić information content (AvgIpc) is 2.80. The normalized spacial score (nSPS) is 10.7. The maximum Gasteiger partial charge on any atom is 0.230 e. The van der Waals surface area contributed by atoms with E-state index in [1.54, 1.807) is 12.1 Å². The van der Waals surface area contributed by atoms with Gasteiger partial charge in [-0.1, -0.05) is 37.6 Å². The highest BCUT2D eigenvalue weighted by Crippen LogP contribution is 2.25. The zero-order valence-corrected chi connectivity index (χ0v) is 12.4. The summed E-state index contributed by atoms with van der Waals surface area (Å²) >= 11 is 7.32. The van der Waals surface area contributed by atoms with E-state index in [4.69, 9.17) is 11.6 Å². The summed E-state index contributed by atoms with van der Waals surface area (Å²) in [6.07, 6.45) is 2.14. The third-order valence-corrected chi connectivity index (χ3v) is 4.08. The van der Waals surface area contributed by atoms with Gasteiger partial charge < -0.3 is 5.32 Å². The van der Waals surface area contributed by atoms with Gasteiger partial charge in [0.2, 0.25) is 5.91 Å². The first-order valence-electron chi connectivity index (χ1n) is 6.04. The van der Waals surface area contributed by atoms with Gasteiger partial charge in [-0.2, -0.15) is 0 Å². The van der Waals surface area contributed by atoms with E-state index in [1.807, 2.05) is 18.3 Å². The Kier molecular flexibility index (Phi) is 4.56. The Hall–Kier alpha value is -1.39. The molecular weight excluding hydrogens is 280 g/mol. The highest BCUT2D eigenvalue weighted by atomic mass is 35.5. The molecule has 0 radical (unpaired) electrons. The number of amides is 1. The molecule has 0 unspecified atom stereocenters. The van der Waals surface area contributed by atoms with Crippen LogP contribution < -0.4 is 5.32 Å². The molecule has 5 heteroatoms. The largest absolute Gasteiger partial charge is 0.302 e. The Morgan fingerprint density at radius 3 is 2.63 bits per heavy atom. The van der Waals surface area contributed by atoms with Crippen LogP contribution in [-0.2, 0) is 11.2 Å². The molecule has 1 N–H and O–H groups in total. The van der Waals surface area contributed by atoms with Crippen molar-refractivity contribution in [3.8, 4) is 0 Å². The first-order chi connectivity index (χ1) is 9.04. The molecule has 1 aromatic carbocycles. The molecule has 0 saturated heterocycles. The zero-order valence-electron chi connectivity index (χ0n) is 10.8. The van der Waals surface area contributed by atoms with Crippen LogP contribution in [0.1, 0.15) is 30.2 Å². The van der Waals surface area contributed by atoms with Crippen molar-refractivity contribution in [2.75, 3.05) is 5.32 Å². The lowest BCUT2D eigenvalue weighted by Crippen LogP contribution is -2.13. The summed E-state index contributed by atoms with van der Waals surface area (Å²) < 4.78 is 0. The van der Waals surface area contributed by atoms with E-state index in [1.165, 1.54) is 16.2 Å². The standard InChI is InChI=1S/C14H15ClN2OS/c1-9(2)12-8-16-14(19-12)17-13(18)7-10-3-5-11(15)6-4-10/h3-6,8-9H,7H2,1-2H3,(H,16,17,18). The average molecular weight is 295 g/mol. The minimum atomic E-state index is -0.0630. The minimum absolute atomic E-state index is 0.0630. The van der Waals surface area contributed by atoms with Gasteiger partial charge in [0.15, 0.2) is 5.13 Å². The molecule has 0 saturated carbocycles. The monoisotopic (exact) mass is 294 g/mol. The minimum Gasteiger partial charge on any atom is -0.302 e. The van der Waals surface area contributed by atoms with E-state index in [-0.39, 0.29) is 5.91 Å². The van der Waals surface area contributed by atoms with E-state index in [2.05, 4.69) is 24.1 Å². The quantitative estimate of drug-likeness (QED) is 0.922. The van der Waals surface area contributed by atoms with Gasteiger partial charge in [-0.3, -0.25) is 4.79 Å². The molecule has 1 amide bonds. The number of nitrogens with one attached hydrogen (secondary N) is 1. The Morgan fingerprint density at radius 1 is 1.37 bits per heavy atom. The summed E-state index contributed by atoms with van der Waals surface area (Å²) in [5.74, 6) is 0.367. The molecule has 0 fully saturated rings. The number of hydrogen-bond donors (Lipinski definition) is 1. The molecule has 2 aromatic rings. The van der Waals surface area contributed by atoms with Crippen molar-refractivity contribution >= 4 is 34.0 Å². The fourth-order valence-electron chi connectivity index (χ4n) is 1.56. The number of carbonyl (C=O) groups is 1. The third kappa shape index (κ3) is 4.04. The molecule has 100 valence electrons. The number of hydrogen-bond acceptors (Lipinski definition) is 3. The Bertz CT molecular complexity index is 563. The van der Waals surface area contributed by atoms with Crippen LogP contribution in [0.5, 0.6) is 0 Å². The van der Waals surface area contributed by atoms with Crippen molar-refractivity contribution in [1.29, 1.82) is 0 Å². The van der Waals surface area contributed by atoms with Gasteiger partial charge >= 0.3 is 0 Å². The van der Waals surface area contributed by atoms with Crippen molar-refractivity contribution in [1.82, 2.24) is 4.98 Å². The van der Waals surface area contributed by atoms with E-state index < -0.39 is 0 Å². The SMILES string of the molecule is CC(C)c1cnc(NC(=O)Cc2ccc(Cl)cc2)s1. The van der Waals surface area contributed by atoms with Gasteiger partial charge in [0, 0.05) is 16.1 Å². The number of carbonyl (C=O) groups excluding carboxylic acids is 1. The predicted octanol–water partition coefficient (Wildman–Crippen LogP) is 4.10. The summed E-state index contributed by atoms with van der Waals surface area (Å²) in [5, 5.41) is 4.14. The van der Waals surface area contributed by atoms with Crippen LogP contribution >= 0.6 is 22.9 Å². The molecule has 0 aliphatic heterocycles. The summed E-state index contributed by atoms with van der Waals surface area (Å²) in [5.41, 5.74) is 0.933. The lowest BCUT2D eigenvalue weighted by molar-refractivity contribution is -0.115. The van der Waals surface area contributed by atoms with Crippen LogP contribution in [0.2, 0.25) is 5.02 Å². The molecule has 2 rings (SSSR count). The fraction of sp³-hybridized carbons (Fsp3) is 0.286. The summed E-state index contributed by atoms with van der Waals surface area (Å²) in [7, 11) is 0. The van der Waals surface area contributed by atoms with Crippen LogP contribution in [0.15, 0.2) is 30.5 Å². The lowest BCUT2D eigenvalue weighted by Gasteiger charge is -2.02. The highest BCUT2D eigenvalue weighted by Gasteiger charge is 2.09. The second kappa shape index (κ2) is 6.17. The van der Waals surface area contributed by atoms with Crippen molar-refractivity contribution in [2.24, 2.45) is 0 Å². The molecule has 0 aliphatic rings. The first-order valence-corrected chi connectivity index (χ1v) is 7.24. The van der Waals surface area contributed by atoms with Gasteiger partial charge in [-0.15, -0.1) is 11.3 Å². The van der Waals surface area contributed by atoms with E-state index in [0.29, 0.717) is 22.5 Å². The Balaban J connectivity index is 1.95. The van der Waals surface area contributed by atoms with Gasteiger partial charge in [-0.05, 0) is 23.6 Å². The summed E-state index contributed by atoms with van der Waals surface area (Å²) in [4.78, 5) is 17.2. The molecule has 0 bridgehead atoms. The highest BCUT2D eigenvalue weighted by molar-refractivity contribution is 7.15. The number of rotatable bonds is 4. The molecule has 19 heavy (non-hydrogen) atoms. The summed E-state index contributed by atoms with van der Waals surface area (Å²) in [6.45, 7) is 4.21. The van der Waals surface area contributed by atoms with Crippen LogP contribution in [0, 0.1) is 0 Å². The van der Waals surface area contributed by atoms with E-state index >= 15 is 0 Å². The Labute approximate surface area is 121 Å². The number of halogens is 1. The van der Waals surface area contributed by atoms with Crippen LogP contribution in [-0.4, -0.2) is 10.9 Å². The van der Waals surface area contributed by atoms with Crippen LogP contribution in [0.4, 0.5) is 5.13 Å². The molecule has 0 spiro atoms. The van der Waals surface area contributed by atoms with Crippen LogP contribution in [0.25, 0.3) is 0 Å². The third-order valence-electron chi connectivity index (χ3n) is 2.62. The second-order valence-electron chi connectivity index (χ2n) is 4.57. The molecule has 1 heterocycles. The number of nitrogens with zero attached hydrogens (tertiary/aromatic N) is 1. The van der Waals surface area contributed by atoms with Crippen LogP contribution in [0.3, 0.4) is 0 Å².